The quantitative estimate of drug-likeness (QED) is 0.0816. The SMILES string of the molecule is CN/C(=C\C(=N)CSCc1nn(C)c(C#N)c1-c1c(Cl)ccc2c(CCCOC(C)=O)c(C(=O)OC)n(C)c12)CI. The maximum Gasteiger partial charge on any atom is 0.354 e. The number of nitrogens with one attached hydrogen (secondary N) is 2. The Labute approximate surface area is 262 Å². The number of hydrogen-bond acceptors (Lipinski definition) is 9. The highest BCUT2D eigenvalue weighted by Crippen LogP contribution is 2.42. The Morgan fingerprint density at radius 3 is 2.66 bits per heavy atom. The van der Waals surface area contributed by atoms with E-state index in [0.29, 0.717) is 68.8 Å². The van der Waals surface area contributed by atoms with Crippen molar-refractivity contribution < 1.29 is 19.1 Å². The van der Waals surface area contributed by atoms with Crippen molar-refractivity contribution in [1.82, 2.24) is 19.7 Å². The maximum absolute atomic E-state index is 13.0. The van der Waals surface area contributed by atoms with Gasteiger partial charge in [-0.25, -0.2) is 4.79 Å². The van der Waals surface area contributed by atoms with Crippen molar-refractivity contribution in [2.75, 3.05) is 30.9 Å². The molecule has 0 bridgehead atoms. The number of thioether (sulfide) groups is 1. The highest BCUT2D eigenvalue weighted by Gasteiger charge is 2.28. The van der Waals surface area contributed by atoms with Gasteiger partial charge in [-0.2, -0.15) is 10.4 Å². The first-order valence-corrected chi connectivity index (χ1v) is 15.7. The summed E-state index contributed by atoms with van der Waals surface area (Å²) in [6, 6.07) is 5.87. The lowest BCUT2D eigenvalue weighted by Gasteiger charge is -2.11. The van der Waals surface area contributed by atoms with Crippen LogP contribution >= 0.6 is 46.0 Å². The zero-order valence-corrected chi connectivity index (χ0v) is 27.3. The van der Waals surface area contributed by atoms with Gasteiger partial charge >= 0.3 is 11.9 Å². The molecule has 13 heteroatoms. The summed E-state index contributed by atoms with van der Waals surface area (Å²) >= 11 is 10.6. The third-order valence-corrected chi connectivity index (χ3v) is 8.58. The number of benzene rings is 1. The number of methoxy groups -OCH3 is 1. The second-order valence-corrected chi connectivity index (χ2v) is 11.3. The number of nitriles is 1. The molecule has 0 aliphatic heterocycles. The first kappa shape index (κ1) is 32.5. The normalized spacial score (nSPS) is 11.4. The molecule has 0 saturated carbocycles. The van der Waals surface area contributed by atoms with E-state index in [1.807, 2.05) is 19.2 Å². The Balaban J connectivity index is 2.14. The summed E-state index contributed by atoms with van der Waals surface area (Å²) in [5.74, 6) is 0.0292. The van der Waals surface area contributed by atoms with Gasteiger partial charge in [0.15, 0.2) is 0 Å². The van der Waals surface area contributed by atoms with Gasteiger partial charge < -0.3 is 24.8 Å². The van der Waals surface area contributed by atoms with Gasteiger partial charge in [0.05, 0.1) is 29.9 Å². The molecule has 0 spiro atoms. The van der Waals surface area contributed by atoms with Crippen molar-refractivity contribution in [1.29, 1.82) is 10.7 Å². The number of nitrogens with zero attached hydrogens (tertiary/aromatic N) is 4. The summed E-state index contributed by atoms with van der Waals surface area (Å²) in [5, 5.41) is 27.4. The summed E-state index contributed by atoms with van der Waals surface area (Å²) in [6.45, 7) is 1.57. The Morgan fingerprint density at radius 1 is 1.32 bits per heavy atom. The number of ether oxygens (including phenoxy) is 2. The Hall–Kier alpha value is -3.02. The van der Waals surface area contributed by atoms with Crippen LogP contribution in [0.15, 0.2) is 23.9 Å². The largest absolute Gasteiger partial charge is 0.466 e. The van der Waals surface area contributed by atoms with Crippen molar-refractivity contribution in [3.63, 3.8) is 0 Å². The molecule has 2 N–H and O–H groups in total. The van der Waals surface area contributed by atoms with Crippen molar-refractivity contribution in [2.45, 2.75) is 25.5 Å². The molecule has 218 valence electrons. The van der Waals surface area contributed by atoms with Gasteiger partial charge in [0.2, 0.25) is 0 Å². The topological polar surface area (TPSA) is 135 Å². The van der Waals surface area contributed by atoms with Gasteiger partial charge in [0.25, 0.3) is 0 Å². The molecule has 3 rings (SSSR count). The number of aromatic nitrogens is 3. The van der Waals surface area contributed by atoms with Crippen LogP contribution in [-0.4, -0.2) is 62.9 Å². The number of carbonyl (C=O) groups excluding carboxylic acids is 2. The summed E-state index contributed by atoms with van der Waals surface area (Å²) in [5.41, 5.74) is 5.40. The number of carbonyl (C=O) groups is 2. The average molecular weight is 711 g/mol. The molecule has 10 nitrogen and oxygen atoms in total. The average Bonchev–Trinajstić information content (AvgIpc) is 3.41. The van der Waals surface area contributed by atoms with Crippen molar-refractivity contribution >= 4 is 74.5 Å². The molecule has 0 radical (unpaired) electrons. The summed E-state index contributed by atoms with van der Waals surface area (Å²) in [6.07, 6.45) is 2.78. The molecular weight excluding hydrogens is 679 g/mol. The fraction of sp³-hybridized carbons (Fsp3) is 0.393. The monoisotopic (exact) mass is 710 g/mol. The Morgan fingerprint density at radius 2 is 2.05 bits per heavy atom. The van der Waals surface area contributed by atoms with E-state index < -0.39 is 5.97 Å². The first-order valence-electron chi connectivity index (χ1n) is 12.7. The first-order chi connectivity index (χ1) is 19.6. The molecule has 2 heterocycles. The van der Waals surface area contributed by atoms with E-state index in [0.717, 1.165) is 21.1 Å². The molecular formula is C28H32ClIN6O4S. The zero-order chi connectivity index (χ0) is 30.3. The van der Waals surface area contributed by atoms with Crippen LogP contribution < -0.4 is 5.32 Å². The predicted octanol–water partition coefficient (Wildman–Crippen LogP) is 5.18. The van der Waals surface area contributed by atoms with E-state index in [2.05, 4.69) is 39.1 Å². The molecule has 1 aromatic carbocycles. The van der Waals surface area contributed by atoms with Crippen LogP contribution in [0.25, 0.3) is 22.0 Å². The lowest BCUT2D eigenvalue weighted by atomic mass is 9.98. The van der Waals surface area contributed by atoms with E-state index in [9.17, 15) is 14.9 Å². The summed E-state index contributed by atoms with van der Waals surface area (Å²) in [7, 11) is 6.63. The standard InChI is InChI=1S/C28H32ClIN6O4S/c1-16(37)40-10-6-7-19-20-8-9-21(29)24(26(20)35(3)27(19)28(38)39-5)25-22(34-36(4)23(25)13-31)15-41-14-17(32)11-18(12-30)33-2/h8-9,11,32-33H,6-7,10,12,14-15H2,1-5H3/b18-11-,32-17?. The minimum absolute atomic E-state index is 0.215. The molecule has 0 amide bonds. The number of allylic oxidation sites excluding steroid dienone is 2. The highest BCUT2D eigenvalue weighted by atomic mass is 127. The smallest absolute Gasteiger partial charge is 0.354 e. The van der Waals surface area contributed by atoms with Crippen LogP contribution in [0.1, 0.15) is 40.8 Å². The molecule has 3 aromatic rings. The summed E-state index contributed by atoms with van der Waals surface area (Å²) < 4.78 is 14.3. The fourth-order valence-electron chi connectivity index (χ4n) is 4.67. The lowest BCUT2D eigenvalue weighted by Crippen LogP contribution is -2.11. The molecule has 0 atom stereocenters. The second-order valence-electron chi connectivity index (χ2n) is 9.12. The van der Waals surface area contributed by atoms with Gasteiger partial charge in [0, 0.05) is 71.9 Å². The second kappa shape index (κ2) is 14.7. The van der Waals surface area contributed by atoms with Crippen LogP contribution in [-0.2, 0) is 40.5 Å². The van der Waals surface area contributed by atoms with Gasteiger partial charge in [-0.15, -0.1) is 11.8 Å². The molecule has 0 aliphatic rings. The third-order valence-electron chi connectivity index (χ3n) is 6.45. The van der Waals surface area contributed by atoms with E-state index in [-0.39, 0.29) is 12.6 Å². The van der Waals surface area contributed by atoms with E-state index in [4.69, 9.17) is 26.5 Å². The third kappa shape index (κ3) is 7.25. The van der Waals surface area contributed by atoms with Crippen LogP contribution in [0, 0.1) is 16.7 Å². The van der Waals surface area contributed by atoms with Crippen molar-refractivity contribution in [2.24, 2.45) is 14.1 Å². The zero-order valence-electron chi connectivity index (χ0n) is 23.6. The molecule has 2 aromatic heterocycles. The number of halogens is 2. The highest BCUT2D eigenvalue weighted by molar-refractivity contribution is 14.1. The number of esters is 2. The molecule has 0 unspecified atom stereocenters. The number of rotatable bonds is 13. The fourth-order valence-corrected chi connectivity index (χ4v) is 6.32. The van der Waals surface area contributed by atoms with Crippen LogP contribution in [0.2, 0.25) is 5.02 Å². The van der Waals surface area contributed by atoms with Gasteiger partial charge in [-0.1, -0.05) is 40.3 Å². The minimum atomic E-state index is -0.505. The predicted molar refractivity (Wildman–Crippen MR) is 171 cm³/mol. The Kier molecular flexibility index (Phi) is 11.7. The van der Waals surface area contributed by atoms with E-state index >= 15 is 0 Å². The van der Waals surface area contributed by atoms with Gasteiger partial charge in [-0.05, 0) is 30.5 Å². The molecule has 41 heavy (non-hydrogen) atoms. The van der Waals surface area contributed by atoms with Crippen molar-refractivity contribution in [3.05, 3.63) is 51.6 Å². The number of alkyl halides is 1. The van der Waals surface area contributed by atoms with Crippen molar-refractivity contribution in [3.8, 4) is 17.2 Å². The number of hydrogen-bond donors (Lipinski definition) is 2. The summed E-state index contributed by atoms with van der Waals surface area (Å²) in [4.78, 5) is 24.2. The molecule has 0 saturated heterocycles. The minimum Gasteiger partial charge on any atom is -0.466 e. The lowest BCUT2D eigenvalue weighted by molar-refractivity contribution is -0.141. The van der Waals surface area contributed by atoms with Gasteiger partial charge in [0.1, 0.15) is 17.5 Å². The van der Waals surface area contributed by atoms with Gasteiger partial charge in [-0.3, -0.25) is 9.48 Å². The van der Waals surface area contributed by atoms with Crippen LogP contribution in [0.4, 0.5) is 0 Å². The van der Waals surface area contributed by atoms with E-state index in [1.165, 1.54) is 30.5 Å². The van der Waals surface area contributed by atoms with E-state index in [1.54, 1.807) is 24.7 Å². The molecule has 0 fully saturated rings. The molecule has 0 aliphatic carbocycles. The number of fused-ring (bicyclic) bond motifs is 1. The van der Waals surface area contributed by atoms with Crippen LogP contribution in [0.3, 0.4) is 0 Å². The Bertz CT molecular complexity index is 1550. The van der Waals surface area contributed by atoms with Crippen LogP contribution in [0.5, 0.6) is 0 Å². The maximum atomic E-state index is 13.0. The number of aryl methyl sites for hydroxylation is 3.